The van der Waals surface area contributed by atoms with E-state index in [1.54, 1.807) is 53.2 Å². The van der Waals surface area contributed by atoms with E-state index in [1.165, 1.54) is 24.3 Å². The van der Waals surface area contributed by atoms with Crippen LogP contribution in [0.5, 0.6) is 23.0 Å². The molecule has 0 atom stereocenters. The van der Waals surface area contributed by atoms with Gasteiger partial charge in [0, 0.05) is 11.9 Å². The number of aryl methyl sites for hydroxylation is 1. The van der Waals surface area contributed by atoms with Crippen LogP contribution in [0.15, 0.2) is 109 Å². The molecule has 37 heavy (non-hydrogen) atoms. The topological polar surface area (TPSA) is 74.3 Å². The predicted molar refractivity (Wildman–Crippen MR) is 143 cm³/mol. The van der Waals surface area contributed by atoms with Crippen molar-refractivity contribution in [1.82, 2.24) is 9.78 Å². The molecular weight excluding hydrogens is 498 g/mol. The second kappa shape index (κ2) is 13.1. The van der Waals surface area contributed by atoms with Crippen molar-refractivity contribution in [1.29, 1.82) is 0 Å². The van der Waals surface area contributed by atoms with Crippen LogP contribution in [0.4, 0.5) is 14.5 Å². The summed E-state index contributed by atoms with van der Waals surface area (Å²) in [5.41, 5.74) is 5.25. The Morgan fingerprint density at radius 3 is 1.43 bits per heavy atom. The summed E-state index contributed by atoms with van der Waals surface area (Å²) in [7, 11) is 0. The molecule has 6 nitrogen and oxygen atoms in total. The van der Waals surface area contributed by atoms with E-state index in [1.807, 2.05) is 43.5 Å². The highest BCUT2D eigenvalue weighted by atomic mass is 35.5. The van der Waals surface area contributed by atoms with E-state index < -0.39 is 0 Å². The molecule has 3 N–H and O–H groups in total. The molecule has 0 unspecified atom stereocenters. The molecule has 0 aliphatic rings. The number of anilines is 1. The van der Waals surface area contributed by atoms with Crippen LogP contribution in [0.1, 0.15) is 5.69 Å². The zero-order valence-electron chi connectivity index (χ0n) is 19.8. The summed E-state index contributed by atoms with van der Waals surface area (Å²) in [5.74, 6) is 7.25. The largest absolute Gasteiger partial charge is 0.457 e. The van der Waals surface area contributed by atoms with Crippen LogP contribution in [0.25, 0.3) is 5.69 Å². The Bertz CT molecular complexity index is 1380. The molecule has 9 heteroatoms. The van der Waals surface area contributed by atoms with E-state index >= 15 is 0 Å². The van der Waals surface area contributed by atoms with Gasteiger partial charge in [0.15, 0.2) is 0 Å². The fourth-order valence-electron chi connectivity index (χ4n) is 3.12. The maximum absolute atomic E-state index is 12.8. The maximum Gasteiger partial charge on any atom is 0.127 e. The fraction of sp³-hybridized carbons (Fsp3) is 0.0357. The number of rotatable bonds is 6. The van der Waals surface area contributed by atoms with Gasteiger partial charge < -0.3 is 14.9 Å². The third-order valence-electron chi connectivity index (χ3n) is 4.94. The lowest BCUT2D eigenvalue weighted by Gasteiger charge is -2.07. The van der Waals surface area contributed by atoms with Crippen LogP contribution >= 0.6 is 12.4 Å². The first-order chi connectivity index (χ1) is 17.5. The van der Waals surface area contributed by atoms with E-state index in [2.05, 4.69) is 10.5 Å². The first-order valence-corrected chi connectivity index (χ1v) is 11.0. The second-order valence-electron chi connectivity index (χ2n) is 7.68. The van der Waals surface area contributed by atoms with Gasteiger partial charge in [-0.25, -0.2) is 13.5 Å². The lowest BCUT2D eigenvalue weighted by atomic mass is 10.3. The molecule has 0 saturated heterocycles. The van der Waals surface area contributed by atoms with Gasteiger partial charge in [-0.05, 0) is 110 Å². The van der Waals surface area contributed by atoms with Crippen LogP contribution in [0.2, 0.25) is 0 Å². The highest BCUT2D eigenvalue weighted by molar-refractivity contribution is 5.85. The summed E-state index contributed by atoms with van der Waals surface area (Å²) in [6.07, 6.45) is 1.91. The number of benzene rings is 4. The summed E-state index contributed by atoms with van der Waals surface area (Å²) in [6, 6.07) is 28.4. The SMILES string of the molecule is Cc1ccn(-c2ccc(Oc3ccc(F)cc3)cc2)n1.Cl.NNc1ccc(Oc2ccc(F)cc2)cc1. The normalized spacial score (nSPS) is 9.95. The van der Waals surface area contributed by atoms with E-state index in [9.17, 15) is 8.78 Å². The summed E-state index contributed by atoms with van der Waals surface area (Å²) in [5, 5.41) is 4.34. The number of nitrogens with two attached hydrogens (primary N) is 1. The van der Waals surface area contributed by atoms with Crippen LogP contribution in [-0.4, -0.2) is 9.78 Å². The standard InChI is InChI=1S/C16H13FN2O.C12H11FN2O.ClH/c1-12-10-11-19(18-12)14-4-8-16(9-5-14)20-15-6-2-13(17)3-7-15;13-9-1-5-11(6-2-9)16-12-7-3-10(15-14)4-8-12;/h2-11H,1H3;1-8,15H,14H2;1H. The highest BCUT2D eigenvalue weighted by Crippen LogP contribution is 2.24. The Kier molecular flexibility index (Phi) is 9.60. The predicted octanol–water partition coefficient (Wildman–Crippen LogP) is 7.44. The van der Waals surface area contributed by atoms with Gasteiger partial charge in [0.2, 0.25) is 0 Å². The number of hydrazine groups is 1. The summed E-state index contributed by atoms with van der Waals surface area (Å²) in [6.45, 7) is 1.95. The van der Waals surface area contributed by atoms with E-state index in [-0.39, 0.29) is 24.0 Å². The number of nitrogen functional groups attached to an aromatic ring is 1. The molecule has 1 aromatic heterocycles. The molecule has 5 aromatic rings. The summed E-state index contributed by atoms with van der Waals surface area (Å²) in [4.78, 5) is 0. The number of hydrogen-bond acceptors (Lipinski definition) is 5. The molecule has 0 radical (unpaired) electrons. The van der Waals surface area contributed by atoms with E-state index in [0.29, 0.717) is 23.0 Å². The van der Waals surface area contributed by atoms with Gasteiger partial charge in [0.25, 0.3) is 0 Å². The zero-order chi connectivity index (χ0) is 25.3. The Morgan fingerprint density at radius 1 is 0.649 bits per heavy atom. The minimum absolute atomic E-state index is 0. The molecule has 0 aliphatic heterocycles. The lowest BCUT2D eigenvalue weighted by Crippen LogP contribution is -2.05. The lowest BCUT2D eigenvalue weighted by molar-refractivity contribution is 0.480. The monoisotopic (exact) mass is 522 g/mol. The third-order valence-corrected chi connectivity index (χ3v) is 4.94. The highest BCUT2D eigenvalue weighted by Gasteiger charge is 2.01. The molecule has 4 aromatic carbocycles. The quantitative estimate of drug-likeness (QED) is 0.179. The molecular formula is C28H25ClF2N4O2. The van der Waals surface area contributed by atoms with Crippen molar-refractivity contribution in [3.05, 3.63) is 127 Å². The van der Waals surface area contributed by atoms with Crippen molar-refractivity contribution >= 4 is 18.1 Å². The molecule has 0 amide bonds. The van der Waals surface area contributed by atoms with Crippen molar-refractivity contribution in [3.63, 3.8) is 0 Å². The Morgan fingerprint density at radius 2 is 1.05 bits per heavy atom. The van der Waals surface area contributed by atoms with Gasteiger partial charge in [-0.15, -0.1) is 12.4 Å². The van der Waals surface area contributed by atoms with Crippen LogP contribution in [0.3, 0.4) is 0 Å². The molecule has 5 rings (SSSR count). The first kappa shape index (κ1) is 27.2. The third kappa shape index (κ3) is 8.06. The van der Waals surface area contributed by atoms with Gasteiger partial charge >= 0.3 is 0 Å². The molecule has 0 saturated carbocycles. The molecule has 1 heterocycles. The summed E-state index contributed by atoms with van der Waals surface area (Å²) >= 11 is 0. The molecule has 0 bridgehead atoms. The number of halogens is 3. The smallest absolute Gasteiger partial charge is 0.127 e. The average Bonchev–Trinajstić information content (AvgIpc) is 3.34. The average molecular weight is 523 g/mol. The molecule has 0 fully saturated rings. The number of nitrogens with zero attached hydrogens (tertiary/aromatic N) is 2. The molecule has 190 valence electrons. The minimum Gasteiger partial charge on any atom is -0.457 e. The number of hydrogen-bond donors (Lipinski definition) is 2. The number of ether oxygens (including phenoxy) is 2. The Labute approximate surface area is 219 Å². The van der Waals surface area contributed by atoms with Gasteiger partial charge in [0.05, 0.1) is 11.4 Å². The Hall–Kier alpha value is -4.40. The maximum atomic E-state index is 12.8. The van der Waals surface area contributed by atoms with Crippen LogP contribution in [0, 0.1) is 18.6 Å². The first-order valence-electron chi connectivity index (χ1n) is 11.0. The van der Waals surface area contributed by atoms with Gasteiger partial charge in [-0.2, -0.15) is 5.10 Å². The van der Waals surface area contributed by atoms with Crippen LogP contribution in [-0.2, 0) is 0 Å². The fourth-order valence-corrected chi connectivity index (χ4v) is 3.12. The van der Waals surface area contributed by atoms with E-state index in [4.69, 9.17) is 15.3 Å². The van der Waals surface area contributed by atoms with Crippen molar-refractivity contribution in [3.8, 4) is 28.7 Å². The zero-order valence-corrected chi connectivity index (χ0v) is 20.7. The second-order valence-corrected chi connectivity index (χ2v) is 7.68. The van der Waals surface area contributed by atoms with E-state index in [0.717, 1.165) is 17.1 Å². The Balaban J connectivity index is 0.000000205. The summed E-state index contributed by atoms with van der Waals surface area (Å²) < 4.78 is 38.4. The van der Waals surface area contributed by atoms with Gasteiger partial charge in [0.1, 0.15) is 34.6 Å². The minimum atomic E-state index is -0.282. The molecule has 0 aliphatic carbocycles. The van der Waals surface area contributed by atoms with Crippen molar-refractivity contribution < 1.29 is 18.3 Å². The van der Waals surface area contributed by atoms with Crippen molar-refractivity contribution in [2.75, 3.05) is 5.43 Å². The van der Waals surface area contributed by atoms with Crippen molar-refractivity contribution in [2.45, 2.75) is 6.92 Å². The number of nitrogens with one attached hydrogen (secondary N) is 1. The van der Waals surface area contributed by atoms with Crippen LogP contribution < -0.4 is 20.7 Å². The number of aromatic nitrogens is 2. The molecule has 0 spiro atoms. The van der Waals surface area contributed by atoms with Crippen molar-refractivity contribution in [2.24, 2.45) is 5.84 Å². The van der Waals surface area contributed by atoms with Gasteiger partial charge in [-0.1, -0.05) is 0 Å². The van der Waals surface area contributed by atoms with Gasteiger partial charge in [-0.3, -0.25) is 5.84 Å².